The molecule has 2 aromatic heterocycles. The lowest BCUT2D eigenvalue weighted by molar-refractivity contribution is -0.645. The fourth-order valence-electron chi connectivity index (χ4n) is 4.74. The van der Waals surface area contributed by atoms with Crippen LogP contribution in [-0.2, 0) is 37.8 Å². The number of carbonyl (C=O) groups is 2. The van der Waals surface area contributed by atoms with E-state index in [0.717, 1.165) is 29.4 Å². The number of halogens is 1. The molecule has 1 aromatic carbocycles. The van der Waals surface area contributed by atoms with Crippen LogP contribution in [0.15, 0.2) is 41.2 Å². The third-order valence-electron chi connectivity index (χ3n) is 6.48. The van der Waals surface area contributed by atoms with Crippen LogP contribution < -0.4 is 23.3 Å². The van der Waals surface area contributed by atoms with E-state index in [1.54, 1.807) is 17.6 Å². The lowest BCUT2D eigenvalue weighted by Crippen LogP contribution is -3.00. The van der Waals surface area contributed by atoms with Crippen LogP contribution in [0.5, 0.6) is 0 Å². The lowest BCUT2D eigenvalue weighted by atomic mass is 9.85. The molecule has 3 aromatic rings. The zero-order valence-corrected chi connectivity index (χ0v) is 19.9. The summed E-state index contributed by atoms with van der Waals surface area (Å²) in [4.78, 5) is 43.9. The molecule has 4 heterocycles. The van der Waals surface area contributed by atoms with Gasteiger partial charge in [0, 0.05) is 16.5 Å². The van der Waals surface area contributed by atoms with Crippen LogP contribution in [0.3, 0.4) is 0 Å². The van der Waals surface area contributed by atoms with Crippen LogP contribution in [-0.4, -0.2) is 34.6 Å². The van der Waals surface area contributed by atoms with Crippen molar-refractivity contribution < 1.29 is 36.8 Å². The Morgan fingerprint density at radius 2 is 2.03 bits per heavy atom. The molecule has 5 rings (SSSR count). The Hall–Kier alpha value is -3.23. The van der Waals surface area contributed by atoms with Crippen molar-refractivity contribution in [3.05, 3.63) is 63.4 Å². The minimum absolute atomic E-state index is 0. The number of hydrogen-bond acceptors (Lipinski definition) is 6. The number of pyridine rings is 2. The first-order valence-electron chi connectivity index (χ1n) is 11.4. The van der Waals surface area contributed by atoms with E-state index >= 15 is 0 Å². The first-order valence-corrected chi connectivity index (χ1v) is 11.4. The van der Waals surface area contributed by atoms with Gasteiger partial charge in [0.1, 0.15) is 6.61 Å². The monoisotopic (exact) mass is 483 g/mol. The van der Waals surface area contributed by atoms with Crippen molar-refractivity contribution in [3.63, 3.8) is 0 Å². The fraction of sp³-hybridized carbons (Fsp3) is 0.360. The minimum atomic E-state index is -1.64. The smallest absolute Gasteiger partial charge is 0.363 e. The third-order valence-corrected chi connectivity index (χ3v) is 6.48. The summed E-state index contributed by atoms with van der Waals surface area (Å²) >= 11 is 0. The van der Waals surface area contributed by atoms with Crippen molar-refractivity contribution in [2.45, 2.75) is 45.4 Å². The summed E-state index contributed by atoms with van der Waals surface area (Å²) < 4.78 is 12.8. The van der Waals surface area contributed by atoms with Crippen LogP contribution in [0.2, 0.25) is 0 Å². The summed E-state index contributed by atoms with van der Waals surface area (Å²) in [5.74, 6) is -1.16. The number of quaternary nitrogens is 1. The predicted molar refractivity (Wildman–Crippen MR) is 120 cm³/mol. The van der Waals surface area contributed by atoms with Gasteiger partial charge < -0.3 is 31.8 Å². The maximum atomic E-state index is 13.5. The Morgan fingerprint density at radius 1 is 1.24 bits per heavy atom. The summed E-state index contributed by atoms with van der Waals surface area (Å²) in [5, 5.41) is 2.84. The second kappa shape index (κ2) is 9.19. The van der Waals surface area contributed by atoms with Gasteiger partial charge in [-0.25, -0.2) is 14.6 Å². The first-order chi connectivity index (χ1) is 16.0. The summed E-state index contributed by atoms with van der Waals surface area (Å²) in [6, 6.07) is 11.6. The lowest BCUT2D eigenvalue weighted by Gasteiger charge is -2.35. The van der Waals surface area contributed by atoms with Crippen LogP contribution in [0.4, 0.5) is 0 Å². The number of cyclic esters (lactones) is 1. The van der Waals surface area contributed by atoms with E-state index in [1.807, 2.05) is 42.6 Å². The molecule has 2 N–H and O–H groups in total. The van der Waals surface area contributed by atoms with Gasteiger partial charge >= 0.3 is 11.9 Å². The largest absolute Gasteiger partial charge is 1.00 e. The molecule has 178 valence electrons. The van der Waals surface area contributed by atoms with Gasteiger partial charge in [-0.1, -0.05) is 32.0 Å². The van der Waals surface area contributed by atoms with Gasteiger partial charge in [-0.15, -0.1) is 0 Å². The number of benzene rings is 1. The zero-order valence-electron chi connectivity index (χ0n) is 19.1. The molecule has 1 atom stereocenters. The van der Waals surface area contributed by atoms with Gasteiger partial charge in [-0.2, -0.15) is 0 Å². The van der Waals surface area contributed by atoms with Gasteiger partial charge in [-0.3, -0.25) is 4.79 Å². The van der Waals surface area contributed by atoms with Gasteiger partial charge in [0.25, 0.3) is 5.56 Å². The van der Waals surface area contributed by atoms with E-state index in [4.69, 9.17) is 14.5 Å². The Morgan fingerprint density at radius 3 is 2.79 bits per heavy atom. The molecule has 0 amide bonds. The van der Waals surface area contributed by atoms with Crippen LogP contribution in [0.25, 0.3) is 22.3 Å². The van der Waals surface area contributed by atoms with Crippen LogP contribution >= 0.6 is 0 Å². The van der Waals surface area contributed by atoms with Crippen molar-refractivity contribution in [2.75, 3.05) is 13.1 Å². The van der Waals surface area contributed by atoms with Gasteiger partial charge in [0.15, 0.2) is 6.54 Å². The molecule has 0 saturated carbocycles. The number of esters is 2. The van der Waals surface area contributed by atoms with E-state index in [1.165, 1.54) is 0 Å². The van der Waals surface area contributed by atoms with E-state index in [-0.39, 0.29) is 37.5 Å². The highest BCUT2D eigenvalue weighted by atomic mass is 35.5. The highest BCUT2D eigenvalue weighted by molar-refractivity contribution is 5.88. The molecule has 0 saturated heterocycles. The molecule has 2 aliphatic rings. The topological polar surface area (TPSA) is 104 Å². The second-order valence-corrected chi connectivity index (χ2v) is 8.51. The highest BCUT2D eigenvalue weighted by Crippen LogP contribution is 2.40. The normalized spacial score (nSPS) is 17.9. The molecule has 0 bridgehead atoms. The molecular formula is C25H26ClN3O5. The van der Waals surface area contributed by atoms with Crippen LogP contribution in [0.1, 0.15) is 43.4 Å². The number of hydrogen-bond donors (Lipinski definition) is 1. The Balaban J connectivity index is 0.00000274. The SMILES string of the molecule is CCC[NH2+]CC(=O)O[C@]1(CC)C(=O)OCc2c1cc1n(c2=O)Cc2cc3ccccc3nc2-1.[Cl-]. The predicted octanol–water partition coefficient (Wildman–Crippen LogP) is -1.39. The average molecular weight is 484 g/mol. The molecule has 0 unspecified atom stereocenters. The van der Waals surface area contributed by atoms with Crippen molar-refractivity contribution >= 4 is 22.8 Å². The molecule has 0 fully saturated rings. The number of ether oxygens (including phenoxy) is 2. The van der Waals surface area contributed by atoms with Crippen LogP contribution in [0, 0.1) is 0 Å². The minimum Gasteiger partial charge on any atom is -1.00 e. The van der Waals surface area contributed by atoms with E-state index < -0.39 is 17.5 Å². The number of nitrogens with two attached hydrogens (primary N) is 1. The van der Waals surface area contributed by atoms with E-state index in [9.17, 15) is 14.4 Å². The fourth-order valence-corrected chi connectivity index (χ4v) is 4.74. The van der Waals surface area contributed by atoms with Gasteiger partial charge in [0.05, 0.1) is 35.6 Å². The van der Waals surface area contributed by atoms with Crippen molar-refractivity contribution in [3.8, 4) is 11.4 Å². The first kappa shape index (κ1) is 23.9. The summed E-state index contributed by atoms with van der Waals surface area (Å²) in [6.45, 7) is 4.91. The van der Waals surface area contributed by atoms with Gasteiger partial charge in [0.2, 0.25) is 5.60 Å². The molecule has 0 spiro atoms. The number of fused-ring (bicyclic) bond motifs is 5. The molecule has 0 aliphatic carbocycles. The quantitative estimate of drug-likeness (QED) is 0.267. The maximum Gasteiger partial charge on any atom is 0.363 e. The third kappa shape index (κ3) is 3.67. The van der Waals surface area contributed by atoms with Crippen molar-refractivity contribution in [2.24, 2.45) is 0 Å². The number of rotatable bonds is 6. The Labute approximate surface area is 202 Å². The second-order valence-electron chi connectivity index (χ2n) is 8.51. The summed E-state index contributed by atoms with van der Waals surface area (Å²) in [5.41, 5.74) is 1.97. The number of para-hydroxylation sites is 1. The van der Waals surface area contributed by atoms with E-state index in [0.29, 0.717) is 29.1 Å². The molecule has 2 aliphatic heterocycles. The standard InChI is InChI=1S/C25H25N3O5.ClH/c1-3-9-26-12-21(29)33-25(4-2)18-11-20-22-16(10-15-7-5-6-8-19(15)27-22)13-28(20)23(30)17(18)14-32-24(25)31;/h5-8,10-11,26H,3-4,9,12-14H2,1-2H3;1H/t25-;/m0./s1. The molecule has 34 heavy (non-hydrogen) atoms. The zero-order chi connectivity index (χ0) is 23.2. The molecule has 0 radical (unpaired) electrons. The van der Waals surface area contributed by atoms with Crippen molar-refractivity contribution in [1.82, 2.24) is 9.55 Å². The Bertz CT molecular complexity index is 1350. The molecule has 9 heteroatoms. The Kier molecular flexibility index (Phi) is 6.47. The molecule has 8 nitrogen and oxygen atoms in total. The summed E-state index contributed by atoms with van der Waals surface area (Å²) in [6.07, 6.45) is 1.08. The molecular weight excluding hydrogens is 458 g/mol. The number of carbonyl (C=O) groups excluding carboxylic acids is 2. The number of aromatic nitrogens is 2. The maximum absolute atomic E-state index is 13.5. The average Bonchev–Trinajstić information content (AvgIpc) is 3.17. The summed E-state index contributed by atoms with van der Waals surface area (Å²) in [7, 11) is 0. The highest BCUT2D eigenvalue weighted by Gasteiger charge is 2.50. The van der Waals surface area contributed by atoms with E-state index in [2.05, 4.69) is 0 Å². The van der Waals surface area contributed by atoms with Crippen molar-refractivity contribution in [1.29, 1.82) is 0 Å². The number of nitrogens with zero attached hydrogens (tertiary/aromatic N) is 2. The van der Waals surface area contributed by atoms with Gasteiger partial charge in [-0.05, 0) is 31.0 Å².